The van der Waals surface area contributed by atoms with Crippen molar-refractivity contribution in [3.05, 3.63) is 54.9 Å². The lowest BCUT2D eigenvalue weighted by molar-refractivity contribution is -0.134. The molecule has 1 amide bonds. The fourth-order valence-corrected chi connectivity index (χ4v) is 2.57. The molecule has 3 heteroatoms. The van der Waals surface area contributed by atoms with Gasteiger partial charge in [0.05, 0.1) is 6.42 Å². The van der Waals surface area contributed by atoms with E-state index in [1.807, 2.05) is 23.1 Å². The molecule has 0 saturated heterocycles. The fraction of sp³-hybridized carbons (Fsp3) is 0.375. The van der Waals surface area contributed by atoms with Crippen molar-refractivity contribution in [2.75, 3.05) is 0 Å². The molecule has 1 aromatic heterocycles. The number of carbonyl (C=O) groups is 1. The Morgan fingerprint density at radius 3 is 3.16 bits per heavy atom. The van der Waals surface area contributed by atoms with E-state index in [1.54, 1.807) is 12.4 Å². The van der Waals surface area contributed by atoms with Gasteiger partial charge in [0, 0.05) is 24.5 Å². The molecule has 0 radical (unpaired) electrons. The standard InChI is InChI=1S/C16H20N2O/c1-3-6-15-9-4-7-13(2)18(15)16(19)11-14-8-5-10-17-12-14/h3-5,7-8,10,12-13,15H,1,6,9,11H2,2H3/t13-,15-/m1/s1. The molecule has 0 fully saturated rings. The third-order valence-corrected chi connectivity index (χ3v) is 3.46. The van der Waals surface area contributed by atoms with Crippen molar-refractivity contribution in [1.82, 2.24) is 9.88 Å². The highest BCUT2D eigenvalue weighted by molar-refractivity contribution is 5.79. The maximum atomic E-state index is 12.5. The quantitative estimate of drug-likeness (QED) is 0.776. The summed E-state index contributed by atoms with van der Waals surface area (Å²) >= 11 is 0. The first-order chi connectivity index (χ1) is 9.22. The Bertz CT molecular complexity index is 467. The summed E-state index contributed by atoms with van der Waals surface area (Å²) < 4.78 is 0. The van der Waals surface area contributed by atoms with Crippen LogP contribution in [-0.2, 0) is 11.2 Å². The lowest BCUT2D eigenvalue weighted by Crippen LogP contribution is -2.47. The van der Waals surface area contributed by atoms with Crippen LogP contribution in [0.15, 0.2) is 49.3 Å². The normalized spacial score (nSPS) is 22.3. The summed E-state index contributed by atoms with van der Waals surface area (Å²) in [4.78, 5) is 18.5. The number of aromatic nitrogens is 1. The van der Waals surface area contributed by atoms with Crippen molar-refractivity contribution in [1.29, 1.82) is 0 Å². The van der Waals surface area contributed by atoms with Crippen molar-refractivity contribution in [2.45, 2.75) is 38.3 Å². The number of pyridine rings is 1. The molecule has 0 unspecified atom stereocenters. The molecular formula is C16H20N2O. The van der Waals surface area contributed by atoms with E-state index in [2.05, 4.69) is 30.6 Å². The van der Waals surface area contributed by atoms with Gasteiger partial charge in [-0.1, -0.05) is 24.3 Å². The molecule has 0 saturated carbocycles. The van der Waals surface area contributed by atoms with E-state index in [0.717, 1.165) is 18.4 Å². The molecule has 0 spiro atoms. The first-order valence-electron chi connectivity index (χ1n) is 6.70. The summed E-state index contributed by atoms with van der Waals surface area (Å²) in [5, 5.41) is 0. The number of nitrogens with zero attached hydrogens (tertiary/aromatic N) is 2. The zero-order valence-electron chi connectivity index (χ0n) is 11.3. The van der Waals surface area contributed by atoms with Crippen LogP contribution in [-0.4, -0.2) is 27.9 Å². The van der Waals surface area contributed by atoms with Gasteiger partial charge in [0.2, 0.25) is 5.91 Å². The molecule has 0 N–H and O–H groups in total. The van der Waals surface area contributed by atoms with Crippen LogP contribution in [0.3, 0.4) is 0 Å². The second-order valence-electron chi connectivity index (χ2n) is 4.92. The highest BCUT2D eigenvalue weighted by Crippen LogP contribution is 2.21. The van der Waals surface area contributed by atoms with E-state index < -0.39 is 0 Å². The van der Waals surface area contributed by atoms with E-state index in [9.17, 15) is 4.79 Å². The zero-order chi connectivity index (χ0) is 13.7. The molecule has 0 bridgehead atoms. The molecular weight excluding hydrogens is 236 g/mol. The van der Waals surface area contributed by atoms with Crippen LogP contribution >= 0.6 is 0 Å². The van der Waals surface area contributed by atoms with Crippen LogP contribution in [0.5, 0.6) is 0 Å². The van der Waals surface area contributed by atoms with Gasteiger partial charge in [-0.25, -0.2) is 0 Å². The van der Waals surface area contributed by atoms with Gasteiger partial charge in [0.15, 0.2) is 0 Å². The number of carbonyl (C=O) groups excluding carboxylic acids is 1. The Morgan fingerprint density at radius 1 is 1.63 bits per heavy atom. The molecule has 2 heterocycles. The number of hydrogen-bond donors (Lipinski definition) is 0. The van der Waals surface area contributed by atoms with Gasteiger partial charge in [0.25, 0.3) is 0 Å². The van der Waals surface area contributed by atoms with Gasteiger partial charge in [-0.15, -0.1) is 6.58 Å². The zero-order valence-corrected chi connectivity index (χ0v) is 11.3. The molecule has 1 aromatic rings. The van der Waals surface area contributed by atoms with Gasteiger partial charge in [-0.05, 0) is 31.4 Å². The van der Waals surface area contributed by atoms with Gasteiger partial charge in [-0.3, -0.25) is 9.78 Å². The minimum atomic E-state index is 0.155. The smallest absolute Gasteiger partial charge is 0.227 e. The summed E-state index contributed by atoms with van der Waals surface area (Å²) in [6.45, 7) is 5.85. The predicted molar refractivity (Wildman–Crippen MR) is 76.6 cm³/mol. The van der Waals surface area contributed by atoms with Crippen LogP contribution in [0.2, 0.25) is 0 Å². The third kappa shape index (κ3) is 3.31. The Hall–Kier alpha value is -1.90. The van der Waals surface area contributed by atoms with Crippen molar-refractivity contribution in [2.24, 2.45) is 0 Å². The first kappa shape index (κ1) is 13.5. The van der Waals surface area contributed by atoms with Crippen LogP contribution in [0.4, 0.5) is 0 Å². The third-order valence-electron chi connectivity index (χ3n) is 3.46. The van der Waals surface area contributed by atoms with E-state index in [0.29, 0.717) is 6.42 Å². The second kappa shape index (κ2) is 6.32. The molecule has 0 aromatic carbocycles. The van der Waals surface area contributed by atoms with Crippen molar-refractivity contribution in [3.63, 3.8) is 0 Å². The molecule has 100 valence electrons. The van der Waals surface area contributed by atoms with Crippen LogP contribution < -0.4 is 0 Å². The average Bonchev–Trinajstić information content (AvgIpc) is 2.40. The van der Waals surface area contributed by atoms with E-state index in [1.165, 1.54) is 0 Å². The van der Waals surface area contributed by atoms with E-state index in [-0.39, 0.29) is 18.0 Å². The summed E-state index contributed by atoms with van der Waals surface area (Å²) in [5.74, 6) is 0.164. The Balaban J connectivity index is 2.11. The van der Waals surface area contributed by atoms with Gasteiger partial charge < -0.3 is 4.90 Å². The van der Waals surface area contributed by atoms with E-state index in [4.69, 9.17) is 0 Å². The largest absolute Gasteiger partial charge is 0.333 e. The molecule has 2 rings (SSSR count). The number of rotatable bonds is 4. The molecule has 2 atom stereocenters. The minimum absolute atomic E-state index is 0.155. The van der Waals surface area contributed by atoms with Crippen molar-refractivity contribution < 1.29 is 4.79 Å². The van der Waals surface area contributed by atoms with Crippen molar-refractivity contribution in [3.8, 4) is 0 Å². The minimum Gasteiger partial charge on any atom is -0.333 e. The van der Waals surface area contributed by atoms with Crippen LogP contribution in [0.25, 0.3) is 0 Å². The second-order valence-corrected chi connectivity index (χ2v) is 4.92. The van der Waals surface area contributed by atoms with Gasteiger partial charge >= 0.3 is 0 Å². The monoisotopic (exact) mass is 256 g/mol. The van der Waals surface area contributed by atoms with Gasteiger partial charge in [-0.2, -0.15) is 0 Å². The summed E-state index contributed by atoms with van der Waals surface area (Å²) in [7, 11) is 0. The fourth-order valence-electron chi connectivity index (χ4n) is 2.57. The lowest BCUT2D eigenvalue weighted by Gasteiger charge is -2.37. The maximum absolute atomic E-state index is 12.5. The highest BCUT2D eigenvalue weighted by Gasteiger charge is 2.28. The first-order valence-corrected chi connectivity index (χ1v) is 6.70. The van der Waals surface area contributed by atoms with E-state index >= 15 is 0 Å². The predicted octanol–water partition coefficient (Wildman–Crippen LogP) is 2.75. The summed E-state index contributed by atoms with van der Waals surface area (Å²) in [5.41, 5.74) is 0.964. The number of hydrogen-bond acceptors (Lipinski definition) is 2. The molecule has 19 heavy (non-hydrogen) atoms. The SMILES string of the molecule is C=CC[C@@H]1CC=C[C@@H](C)N1C(=O)Cc1cccnc1. The maximum Gasteiger partial charge on any atom is 0.227 e. The Morgan fingerprint density at radius 2 is 2.47 bits per heavy atom. The van der Waals surface area contributed by atoms with Crippen LogP contribution in [0, 0.1) is 0 Å². The molecule has 3 nitrogen and oxygen atoms in total. The van der Waals surface area contributed by atoms with Crippen LogP contribution in [0.1, 0.15) is 25.3 Å². The molecule has 1 aliphatic heterocycles. The molecule has 1 aliphatic rings. The molecule has 0 aliphatic carbocycles. The lowest BCUT2D eigenvalue weighted by atomic mass is 9.99. The highest BCUT2D eigenvalue weighted by atomic mass is 16.2. The summed E-state index contributed by atoms with van der Waals surface area (Å²) in [6.07, 6.45) is 11.8. The number of amides is 1. The average molecular weight is 256 g/mol. The Kier molecular flexibility index (Phi) is 4.50. The summed E-state index contributed by atoms with van der Waals surface area (Å²) in [6, 6.07) is 4.20. The topological polar surface area (TPSA) is 33.2 Å². The Labute approximate surface area is 114 Å². The van der Waals surface area contributed by atoms with Crippen molar-refractivity contribution >= 4 is 5.91 Å². The van der Waals surface area contributed by atoms with Gasteiger partial charge in [0.1, 0.15) is 0 Å².